The summed E-state index contributed by atoms with van der Waals surface area (Å²) in [5, 5.41) is 14.7. The van der Waals surface area contributed by atoms with Gasteiger partial charge in [-0.1, -0.05) is 30.3 Å². The van der Waals surface area contributed by atoms with E-state index in [1.54, 1.807) is 30.3 Å². The minimum atomic E-state index is -4.19. The number of nitrogens with one attached hydrogen (secondary N) is 3. The minimum Gasteiger partial charge on any atom is -0.480 e. The summed E-state index contributed by atoms with van der Waals surface area (Å²) in [7, 11) is -4.19. The number of rotatable bonds is 12. The van der Waals surface area contributed by atoms with Crippen molar-refractivity contribution < 1.29 is 32.1 Å². The van der Waals surface area contributed by atoms with Gasteiger partial charge in [-0.3, -0.25) is 9.59 Å². The van der Waals surface area contributed by atoms with Crippen molar-refractivity contribution in [2.45, 2.75) is 31.3 Å². The molecule has 0 radical (unpaired) electrons. The fraction of sp³-hybridized carbons (Fsp3) is 0.348. The average Bonchev–Trinajstić information content (AvgIpc) is 3.25. The summed E-state index contributed by atoms with van der Waals surface area (Å²) < 4.78 is 32.4. The summed E-state index contributed by atoms with van der Waals surface area (Å²) in [6, 6.07) is 11.6. The molecule has 2 amide bonds. The van der Waals surface area contributed by atoms with E-state index >= 15 is 0 Å². The second-order valence-electron chi connectivity index (χ2n) is 7.91. The van der Waals surface area contributed by atoms with Gasteiger partial charge in [0.1, 0.15) is 11.8 Å². The molecule has 0 saturated carbocycles. The monoisotopic (exact) mass is 521 g/mol. The first kappa shape index (κ1) is 26.5. The van der Waals surface area contributed by atoms with E-state index in [1.165, 1.54) is 30.0 Å². The van der Waals surface area contributed by atoms with E-state index in [0.29, 0.717) is 29.7 Å². The van der Waals surface area contributed by atoms with Crippen molar-refractivity contribution in [3.05, 3.63) is 54.1 Å². The van der Waals surface area contributed by atoms with Crippen molar-refractivity contribution in [1.82, 2.24) is 15.4 Å². The Labute approximate surface area is 208 Å². The maximum atomic E-state index is 13.0. The van der Waals surface area contributed by atoms with Crippen LogP contribution < -0.4 is 19.5 Å². The SMILES string of the molecule is CSCCC(NC(=O)c1ccc(OS(=O)(=O)NCC2CCC(=O)N2)cc1-c1ccccc1)C(=O)O. The molecule has 10 nitrogen and oxygen atoms in total. The van der Waals surface area contributed by atoms with Gasteiger partial charge in [-0.15, -0.1) is 0 Å². The molecule has 35 heavy (non-hydrogen) atoms. The summed E-state index contributed by atoms with van der Waals surface area (Å²) in [5.74, 6) is -1.33. The molecule has 1 heterocycles. The number of hydrogen-bond acceptors (Lipinski definition) is 7. The second-order valence-corrected chi connectivity index (χ2v) is 10.3. The number of carbonyl (C=O) groups excluding carboxylic acids is 2. The number of carboxylic acids is 1. The molecule has 0 spiro atoms. The van der Waals surface area contributed by atoms with Crippen LogP contribution in [0.3, 0.4) is 0 Å². The summed E-state index contributed by atoms with van der Waals surface area (Å²) in [5.41, 5.74) is 1.18. The van der Waals surface area contributed by atoms with Gasteiger partial charge in [-0.25, -0.2) is 4.79 Å². The molecule has 12 heteroatoms. The summed E-state index contributed by atoms with van der Waals surface area (Å²) in [6.07, 6.45) is 2.98. The predicted octanol–water partition coefficient (Wildman–Crippen LogP) is 1.78. The lowest BCUT2D eigenvalue weighted by Gasteiger charge is -2.17. The van der Waals surface area contributed by atoms with Crippen molar-refractivity contribution in [3.63, 3.8) is 0 Å². The Morgan fingerprint density at radius 3 is 2.60 bits per heavy atom. The van der Waals surface area contributed by atoms with Gasteiger partial charge in [-0.05, 0) is 54.2 Å². The van der Waals surface area contributed by atoms with E-state index in [0.717, 1.165) is 0 Å². The zero-order chi connectivity index (χ0) is 25.4. The first-order valence-electron chi connectivity index (χ1n) is 10.9. The number of carbonyl (C=O) groups is 3. The first-order chi connectivity index (χ1) is 16.7. The van der Waals surface area contributed by atoms with Crippen LogP contribution in [0.25, 0.3) is 11.1 Å². The topological polar surface area (TPSA) is 151 Å². The number of thioether (sulfide) groups is 1. The van der Waals surface area contributed by atoms with Crippen molar-refractivity contribution in [2.75, 3.05) is 18.6 Å². The molecule has 0 bridgehead atoms. The Balaban J connectivity index is 1.82. The highest BCUT2D eigenvalue weighted by molar-refractivity contribution is 7.98. The van der Waals surface area contributed by atoms with Crippen molar-refractivity contribution >= 4 is 39.8 Å². The van der Waals surface area contributed by atoms with Crippen LogP contribution in [0.1, 0.15) is 29.6 Å². The normalized spacial score (nSPS) is 16.4. The van der Waals surface area contributed by atoms with Crippen LogP contribution in [0.5, 0.6) is 5.75 Å². The van der Waals surface area contributed by atoms with Gasteiger partial charge < -0.3 is 19.9 Å². The zero-order valence-electron chi connectivity index (χ0n) is 19.0. The molecule has 2 aromatic carbocycles. The van der Waals surface area contributed by atoms with E-state index in [1.807, 2.05) is 6.26 Å². The average molecular weight is 522 g/mol. The molecule has 1 aliphatic heterocycles. The Bertz CT molecular complexity index is 1170. The van der Waals surface area contributed by atoms with Gasteiger partial charge in [0.15, 0.2) is 0 Å². The van der Waals surface area contributed by atoms with E-state index in [9.17, 15) is 27.9 Å². The maximum Gasteiger partial charge on any atom is 0.382 e. The summed E-state index contributed by atoms with van der Waals surface area (Å²) in [4.78, 5) is 35.9. The molecule has 1 fully saturated rings. The van der Waals surface area contributed by atoms with Gasteiger partial charge in [0.25, 0.3) is 5.91 Å². The third-order valence-corrected chi connectivity index (χ3v) is 6.91. The first-order valence-corrected chi connectivity index (χ1v) is 13.7. The van der Waals surface area contributed by atoms with E-state index < -0.39 is 28.2 Å². The van der Waals surface area contributed by atoms with Crippen LogP contribution in [-0.2, 0) is 19.9 Å². The number of aliphatic carboxylic acids is 1. The zero-order valence-corrected chi connectivity index (χ0v) is 20.7. The number of amides is 2. The number of carboxylic acid groups (broad SMARTS) is 1. The molecule has 1 aliphatic rings. The highest BCUT2D eigenvalue weighted by Crippen LogP contribution is 2.29. The minimum absolute atomic E-state index is 0.00721. The smallest absolute Gasteiger partial charge is 0.382 e. The van der Waals surface area contributed by atoms with Gasteiger partial charge >= 0.3 is 16.3 Å². The van der Waals surface area contributed by atoms with Crippen LogP contribution in [0.4, 0.5) is 0 Å². The molecule has 3 rings (SSSR count). The predicted molar refractivity (Wildman–Crippen MR) is 132 cm³/mol. The molecule has 0 aromatic heterocycles. The third kappa shape index (κ3) is 7.70. The van der Waals surface area contributed by atoms with Crippen LogP contribution in [0, 0.1) is 0 Å². The summed E-state index contributed by atoms with van der Waals surface area (Å²) in [6.45, 7) is -0.00721. The van der Waals surface area contributed by atoms with Gasteiger partial charge in [0, 0.05) is 24.6 Å². The van der Waals surface area contributed by atoms with Crippen LogP contribution in [-0.4, -0.2) is 61.9 Å². The standard InChI is InChI=1S/C23H27N3O7S2/c1-34-12-11-20(23(29)30)26-22(28)18-9-8-17(13-19(18)15-5-3-2-4-6-15)33-35(31,32)24-14-16-7-10-21(27)25-16/h2-6,8-9,13,16,20,24H,7,10-12,14H2,1H3,(H,25,27)(H,26,28)(H,29,30). The quantitative estimate of drug-likeness (QED) is 0.330. The molecular weight excluding hydrogens is 494 g/mol. The Kier molecular flexibility index (Phi) is 9.13. The van der Waals surface area contributed by atoms with Gasteiger partial charge in [0.2, 0.25) is 5.91 Å². The highest BCUT2D eigenvalue weighted by atomic mass is 32.2. The fourth-order valence-corrected chi connectivity index (χ4v) is 4.84. The van der Waals surface area contributed by atoms with Gasteiger partial charge in [0.05, 0.1) is 0 Å². The van der Waals surface area contributed by atoms with Crippen LogP contribution in [0.15, 0.2) is 48.5 Å². The molecule has 2 aromatic rings. The van der Waals surface area contributed by atoms with Crippen LogP contribution in [0.2, 0.25) is 0 Å². The molecule has 2 unspecified atom stereocenters. The molecule has 0 aliphatic carbocycles. The van der Waals surface area contributed by atoms with E-state index in [4.69, 9.17) is 4.18 Å². The molecular formula is C23H27N3O7S2. The van der Waals surface area contributed by atoms with Crippen molar-refractivity contribution in [1.29, 1.82) is 0 Å². The lowest BCUT2D eigenvalue weighted by molar-refractivity contribution is -0.139. The highest BCUT2D eigenvalue weighted by Gasteiger charge is 2.25. The fourth-order valence-electron chi connectivity index (χ4n) is 3.55. The number of benzene rings is 2. The van der Waals surface area contributed by atoms with E-state index in [2.05, 4.69) is 15.4 Å². The molecule has 188 valence electrons. The third-order valence-electron chi connectivity index (χ3n) is 5.33. The van der Waals surface area contributed by atoms with Crippen molar-refractivity contribution in [3.8, 4) is 16.9 Å². The van der Waals surface area contributed by atoms with E-state index in [-0.39, 0.29) is 36.2 Å². The largest absolute Gasteiger partial charge is 0.480 e. The number of hydrogen-bond donors (Lipinski definition) is 4. The Morgan fingerprint density at radius 1 is 1.23 bits per heavy atom. The lowest BCUT2D eigenvalue weighted by atomic mass is 9.98. The molecule has 4 N–H and O–H groups in total. The second kappa shape index (κ2) is 12.0. The molecule has 1 saturated heterocycles. The van der Waals surface area contributed by atoms with Crippen LogP contribution >= 0.6 is 11.8 Å². The molecule has 2 atom stereocenters. The summed E-state index contributed by atoms with van der Waals surface area (Å²) >= 11 is 1.47. The van der Waals surface area contributed by atoms with Crippen molar-refractivity contribution in [2.24, 2.45) is 0 Å². The Morgan fingerprint density at radius 2 is 1.97 bits per heavy atom. The Hall–Kier alpha value is -3.09. The van der Waals surface area contributed by atoms with Gasteiger partial charge in [-0.2, -0.15) is 24.9 Å². The maximum absolute atomic E-state index is 13.0. The lowest BCUT2D eigenvalue weighted by Crippen LogP contribution is -2.41.